The summed E-state index contributed by atoms with van der Waals surface area (Å²) in [6.45, 7) is 2.81. The Labute approximate surface area is 133 Å². The molecule has 0 bridgehead atoms. The fraction of sp³-hybridized carbons (Fsp3) is 0.200. The van der Waals surface area contributed by atoms with Crippen LogP contribution in [0, 0.1) is 0 Å². The van der Waals surface area contributed by atoms with Crippen LogP contribution in [0.2, 0.25) is 0 Å². The summed E-state index contributed by atoms with van der Waals surface area (Å²) >= 11 is 3.43. The average Bonchev–Trinajstić information content (AvgIpc) is 2.46. The first-order valence-electron chi connectivity index (χ1n) is 6.59. The lowest BCUT2D eigenvalue weighted by molar-refractivity contribution is 0.584. The van der Waals surface area contributed by atoms with Crippen molar-refractivity contribution in [3.8, 4) is 0 Å². The molecule has 2 N–H and O–H groups in total. The molecular formula is C15H17BrN2O2S. The minimum absolute atomic E-state index is 0.275. The minimum atomic E-state index is -3.38. The molecule has 2 aromatic rings. The number of sulfonamides is 1. The SMILES string of the molecule is CCNS(=O)(=O)c1ccc(NCc2cccc(Br)c2)cc1. The van der Waals surface area contributed by atoms with Gasteiger partial charge in [0.05, 0.1) is 4.90 Å². The Morgan fingerprint density at radius 2 is 1.81 bits per heavy atom. The molecule has 0 heterocycles. The Morgan fingerprint density at radius 3 is 2.43 bits per heavy atom. The number of nitrogens with one attached hydrogen (secondary N) is 2. The van der Waals surface area contributed by atoms with E-state index < -0.39 is 10.0 Å². The van der Waals surface area contributed by atoms with Crippen molar-refractivity contribution in [1.82, 2.24) is 4.72 Å². The highest BCUT2D eigenvalue weighted by Gasteiger charge is 2.11. The highest BCUT2D eigenvalue weighted by atomic mass is 79.9. The van der Waals surface area contributed by atoms with Gasteiger partial charge in [0.2, 0.25) is 10.0 Å². The lowest BCUT2D eigenvalue weighted by atomic mass is 10.2. The minimum Gasteiger partial charge on any atom is -0.381 e. The number of hydrogen-bond donors (Lipinski definition) is 2. The van der Waals surface area contributed by atoms with E-state index in [4.69, 9.17) is 0 Å². The number of benzene rings is 2. The van der Waals surface area contributed by atoms with Gasteiger partial charge in [-0.1, -0.05) is 35.0 Å². The van der Waals surface area contributed by atoms with Gasteiger partial charge in [-0.05, 0) is 42.0 Å². The Morgan fingerprint density at radius 1 is 1.10 bits per heavy atom. The zero-order valence-corrected chi connectivity index (χ0v) is 14.0. The topological polar surface area (TPSA) is 58.2 Å². The van der Waals surface area contributed by atoms with Crippen molar-refractivity contribution in [2.45, 2.75) is 18.4 Å². The first kappa shape index (κ1) is 16.0. The van der Waals surface area contributed by atoms with Crippen LogP contribution in [0.1, 0.15) is 12.5 Å². The summed E-state index contributed by atoms with van der Waals surface area (Å²) in [6, 6.07) is 14.8. The highest BCUT2D eigenvalue weighted by Crippen LogP contribution is 2.16. The largest absolute Gasteiger partial charge is 0.381 e. The molecule has 112 valence electrons. The molecule has 0 aliphatic heterocycles. The van der Waals surface area contributed by atoms with Crippen molar-refractivity contribution in [3.63, 3.8) is 0 Å². The predicted molar refractivity (Wildman–Crippen MR) is 88.8 cm³/mol. The van der Waals surface area contributed by atoms with E-state index in [1.807, 2.05) is 24.3 Å². The van der Waals surface area contributed by atoms with Gasteiger partial charge in [0, 0.05) is 23.2 Å². The Bertz CT molecular complexity index is 700. The monoisotopic (exact) mass is 368 g/mol. The molecule has 4 nitrogen and oxygen atoms in total. The van der Waals surface area contributed by atoms with E-state index in [-0.39, 0.29) is 4.90 Å². The molecule has 6 heteroatoms. The molecular weight excluding hydrogens is 352 g/mol. The van der Waals surface area contributed by atoms with E-state index >= 15 is 0 Å². The number of anilines is 1. The van der Waals surface area contributed by atoms with E-state index in [0.717, 1.165) is 15.7 Å². The molecule has 2 aromatic carbocycles. The van der Waals surface area contributed by atoms with E-state index in [0.29, 0.717) is 13.1 Å². The predicted octanol–water partition coefficient (Wildman–Crippen LogP) is 3.36. The Kier molecular flexibility index (Phi) is 5.39. The summed E-state index contributed by atoms with van der Waals surface area (Å²) in [5.41, 5.74) is 2.03. The second kappa shape index (κ2) is 7.06. The van der Waals surface area contributed by atoms with Crippen LogP contribution < -0.4 is 10.0 Å². The third-order valence-electron chi connectivity index (χ3n) is 2.88. The quantitative estimate of drug-likeness (QED) is 0.821. The van der Waals surface area contributed by atoms with Gasteiger partial charge < -0.3 is 5.32 Å². The third kappa shape index (κ3) is 4.56. The maximum absolute atomic E-state index is 11.8. The van der Waals surface area contributed by atoms with Gasteiger partial charge in [-0.2, -0.15) is 0 Å². The van der Waals surface area contributed by atoms with Gasteiger partial charge in [0.1, 0.15) is 0 Å². The van der Waals surface area contributed by atoms with Crippen LogP contribution in [0.5, 0.6) is 0 Å². The Balaban J connectivity index is 2.03. The van der Waals surface area contributed by atoms with Crippen molar-refractivity contribution in [1.29, 1.82) is 0 Å². The summed E-state index contributed by atoms with van der Waals surface area (Å²) < 4.78 is 27.2. The maximum Gasteiger partial charge on any atom is 0.240 e. The second-order valence-corrected chi connectivity index (χ2v) is 7.19. The second-order valence-electron chi connectivity index (χ2n) is 4.51. The summed E-state index contributed by atoms with van der Waals surface area (Å²) in [5, 5.41) is 3.26. The first-order chi connectivity index (χ1) is 10.0. The third-order valence-corrected chi connectivity index (χ3v) is 4.94. The molecule has 0 saturated carbocycles. The summed E-state index contributed by atoms with van der Waals surface area (Å²) in [7, 11) is -3.38. The van der Waals surface area contributed by atoms with Crippen molar-refractivity contribution in [2.75, 3.05) is 11.9 Å². The molecule has 21 heavy (non-hydrogen) atoms. The smallest absolute Gasteiger partial charge is 0.240 e. The lowest BCUT2D eigenvalue weighted by Gasteiger charge is -2.09. The van der Waals surface area contributed by atoms with Crippen LogP contribution >= 0.6 is 15.9 Å². The Hall–Kier alpha value is -1.37. The number of halogens is 1. The fourth-order valence-corrected chi connectivity index (χ4v) is 3.36. The molecule has 0 atom stereocenters. The molecule has 0 aromatic heterocycles. The molecule has 0 spiro atoms. The van der Waals surface area contributed by atoms with Crippen molar-refractivity contribution < 1.29 is 8.42 Å². The van der Waals surface area contributed by atoms with E-state index in [1.54, 1.807) is 31.2 Å². The molecule has 0 aliphatic carbocycles. The normalized spacial score (nSPS) is 11.3. The van der Waals surface area contributed by atoms with Gasteiger partial charge in [-0.25, -0.2) is 13.1 Å². The van der Waals surface area contributed by atoms with Crippen LogP contribution in [0.3, 0.4) is 0 Å². The number of hydrogen-bond acceptors (Lipinski definition) is 3. The standard InChI is InChI=1S/C15H17BrN2O2S/c1-2-18-21(19,20)15-8-6-14(7-9-15)17-11-12-4-3-5-13(16)10-12/h3-10,17-18H,2,11H2,1H3. The van der Waals surface area contributed by atoms with E-state index in [1.165, 1.54) is 0 Å². The highest BCUT2D eigenvalue weighted by molar-refractivity contribution is 9.10. The number of rotatable bonds is 6. The van der Waals surface area contributed by atoms with Crippen LogP contribution in [-0.4, -0.2) is 15.0 Å². The van der Waals surface area contributed by atoms with E-state index in [2.05, 4.69) is 26.0 Å². The van der Waals surface area contributed by atoms with E-state index in [9.17, 15) is 8.42 Å². The van der Waals surface area contributed by atoms with Crippen LogP contribution in [0.25, 0.3) is 0 Å². The molecule has 0 unspecified atom stereocenters. The zero-order chi connectivity index (χ0) is 15.3. The van der Waals surface area contributed by atoms with Gasteiger partial charge >= 0.3 is 0 Å². The summed E-state index contributed by atoms with van der Waals surface area (Å²) in [6.07, 6.45) is 0. The molecule has 0 amide bonds. The fourth-order valence-electron chi connectivity index (χ4n) is 1.88. The molecule has 0 fully saturated rings. The van der Waals surface area contributed by atoms with Gasteiger partial charge in [-0.3, -0.25) is 0 Å². The molecule has 0 aliphatic rings. The van der Waals surface area contributed by atoms with Gasteiger partial charge in [0.15, 0.2) is 0 Å². The van der Waals surface area contributed by atoms with Crippen molar-refractivity contribution in [3.05, 3.63) is 58.6 Å². The van der Waals surface area contributed by atoms with Gasteiger partial charge in [0.25, 0.3) is 0 Å². The maximum atomic E-state index is 11.8. The molecule has 0 saturated heterocycles. The average molecular weight is 369 g/mol. The molecule has 0 radical (unpaired) electrons. The first-order valence-corrected chi connectivity index (χ1v) is 8.87. The lowest BCUT2D eigenvalue weighted by Crippen LogP contribution is -2.23. The molecule has 2 rings (SSSR count). The van der Waals surface area contributed by atoms with Crippen molar-refractivity contribution >= 4 is 31.6 Å². The van der Waals surface area contributed by atoms with Gasteiger partial charge in [-0.15, -0.1) is 0 Å². The summed E-state index contributed by atoms with van der Waals surface area (Å²) in [4.78, 5) is 0.275. The van der Waals surface area contributed by atoms with Crippen LogP contribution in [-0.2, 0) is 16.6 Å². The summed E-state index contributed by atoms with van der Waals surface area (Å²) in [5.74, 6) is 0. The van der Waals surface area contributed by atoms with Crippen molar-refractivity contribution in [2.24, 2.45) is 0 Å². The van der Waals surface area contributed by atoms with Crippen LogP contribution in [0.4, 0.5) is 5.69 Å². The van der Waals surface area contributed by atoms with Crippen LogP contribution in [0.15, 0.2) is 57.9 Å². The zero-order valence-electron chi connectivity index (χ0n) is 11.6.